The van der Waals surface area contributed by atoms with E-state index in [1.165, 1.54) is 44.2 Å². The van der Waals surface area contributed by atoms with Gasteiger partial charge in [0, 0.05) is 92.4 Å². The Morgan fingerprint density at radius 1 is 0.402 bits per heavy atom. The Labute approximate surface area is 597 Å². The Kier molecular flexibility index (Phi) is 27.9. The first-order valence-corrected chi connectivity index (χ1v) is 37.2. The van der Waals surface area contributed by atoms with Crippen molar-refractivity contribution in [2.45, 2.75) is 119 Å². The molecule has 0 atom stereocenters. The number of rotatable bonds is 21. The number of carboxylic acids is 3. The summed E-state index contributed by atoms with van der Waals surface area (Å²) >= 11 is 5.32. The third-order valence-corrected chi connectivity index (χ3v) is 20.2. The van der Waals surface area contributed by atoms with Gasteiger partial charge in [-0.25, -0.2) is 67.1 Å². The van der Waals surface area contributed by atoms with Gasteiger partial charge in [0.05, 0.1) is 38.4 Å². The molecular weight excluding hydrogens is 1450 g/mol. The average Bonchev–Trinajstić information content (AvgIpc) is 0.780. The first-order chi connectivity index (χ1) is 47.6. The Morgan fingerprint density at radius 3 is 0.980 bits per heavy atom. The number of carbonyl (C=O) groups excluding carboxylic acids is 3. The number of nitrogens with one attached hydrogen (secondary N) is 4. The lowest BCUT2D eigenvalue weighted by molar-refractivity contribution is -0.180. The molecule has 0 unspecified atom stereocenters. The third kappa shape index (κ3) is 24.1. The number of carbonyl (C=O) groups is 6. The summed E-state index contributed by atoms with van der Waals surface area (Å²) < 4.78 is 126. The van der Waals surface area contributed by atoms with Gasteiger partial charge in [0.15, 0.2) is 17.3 Å². The number of aromatic carboxylic acids is 3. The minimum atomic E-state index is -3.98. The molecule has 0 radical (unpaired) electrons. The molecule has 27 nitrogen and oxygen atoms in total. The summed E-state index contributed by atoms with van der Waals surface area (Å²) in [7, 11) is -10.3. The van der Waals surface area contributed by atoms with E-state index in [4.69, 9.17) is 61.8 Å². The predicted octanol–water partition coefficient (Wildman–Crippen LogP) is 10.4. The third-order valence-electron chi connectivity index (χ3n) is 14.5. The van der Waals surface area contributed by atoms with E-state index in [1.807, 2.05) is 12.1 Å². The number of halogens is 2. The maximum absolute atomic E-state index is 12.5. The van der Waals surface area contributed by atoms with Crippen LogP contribution in [0.25, 0.3) is 0 Å². The van der Waals surface area contributed by atoms with E-state index in [-0.39, 0.29) is 75.3 Å². The van der Waals surface area contributed by atoms with Crippen molar-refractivity contribution in [3.8, 4) is 23.0 Å². The number of sulfonamides is 3. The fraction of sp³-hybridized carbons (Fsp3) is 0.217. The van der Waals surface area contributed by atoms with Crippen LogP contribution in [0.1, 0.15) is 144 Å². The van der Waals surface area contributed by atoms with Gasteiger partial charge in [0.1, 0.15) is 34.1 Å². The second-order valence-corrected chi connectivity index (χ2v) is 31.2. The van der Waals surface area contributed by atoms with Crippen molar-refractivity contribution < 1.29 is 107 Å². The number of fused-ring (bicyclic) bond motifs is 2. The Morgan fingerprint density at radius 2 is 0.686 bits per heavy atom. The summed E-state index contributed by atoms with van der Waals surface area (Å²) in [5.74, 6) is -5.18. The van der Waals surface area contributed by atoms with Crippen molar-refractivity contribution in [3.63, 3.8) is 0 Å². The number of benzene rings is 8. The second kappa shape index (κ2) is 34.9. The van der Waals surface area contributed by atoms with Crippen LogP contribution in [-0.4, -0.2) is 106 Å². The average molecular weight is 1520 g/mol. The SMILES string of the molecule is CC(=O)c1ccc(CNCl)cc1.CC(=O)c1ccc(CNS(=O)(=O)c2ccc(O)c(C(=O)O)c2)cc1.CC(=O)c1ccc(CNS(=O)(=O)c2ccc3c(c2)COC(C)(C)O3)cc1.CC1(C)OCc2cc(S(=O)(=O)NCc3ccc(C(=O)O)cc3)ccc2O1.O=C(O)c1cc(S(=O)(=O)Cl)ccc1O. The summed E-state index contributed by atoms with van der Waals surface area (Å²) in [6.07, 6.45) is 0. The van der Waals surface area contributed by atoms with E-state index in [9.17, 15) is 67.5 Å². The monoisotopic (exact) mass is 1520 g/mol. The molecule has 102 heavy (non-hydrogen) atoms. The number of phenols is 2. The highest BCUT2D eigenvalue weighted by Crippen LogP contribution is 2.35. The molecule has 542 valence electrons. The molecule has 0 spiro atoms. The Balaban J connectivity index is 0.000000206. The molecule has 10 rings (SSSR count). The van der Waals surface area contributed by atoms with E-state index in [2.05, 4.69) is 19.0 Å². The number of ketones is 3. The lowest BCUT2D eigenvalue weighted by atomic mass is 10.1. The smallest absolute Gasteiger partial charge is 0.339 e. The van der Waals surface area contributed by atoms with E-state index < -0.39 is 91.2 Å². The number of carboxylic acid groups (broad SMARTS) is 3. The van der Waals surface area contributed by atoms with Gasteiger partial charge in [0.25, 0.3) is 9.05 Å². The topological polar surface area (TPSA) is 425 Å². The number of aromatic hydroxyl groups is 2. The van der Waals surface area contributed by atoms with Gasteiger partial charge >= 0.3 is 17.9 Å². The number of hydrogen-bond donors (Lipinski definition) is 9. The van der Waals surface area contributed by atoms with Crippen LogP contribution < -0.4 is 28.5 Å². The van der Waals surface area contributed by atoms with Gasteiger partial charge in [-0.1, -0.05) is 84.9 Å². The normalized spacial score (nSPS) is 13.4. The van der Waals surface area contributed by atoms with E-state index in [0.29, 0.717) is 51.4 Å². The largest absolute Gasteiger partial charge is 0.507 e. The first kappa shape index (κ1) is 81.5. The molecule has 9 N–H and O–H groups in total. The highest BCUT2D eigenvalue weighted by Gasteiger charge is 2.31. The minimum absolute atomic E-state index is 0.0240. The van der Waals surface area contributed by atoms with Crippen molar-refractivity contribution in [3.05, 3.63) is 237 Å². The van der Waals surface area contributed by atoms with E-state index in [1.54, 1.807) is 126 Å². The van der Waals surface area contributed by atoms with Gasteiger partial charge in [-0.2, -0.15) is 0 Å². The van der Waals surface area contributed by atoms with Crippen LogP contribution in [-0.2, 0) is 88.0 Å². The standard InChI is InChI=1S/C19H21NO5S.C18H19NO6S.C16H15NO6S.C9H10ClNO.C7H5ClO5S/c1-13(21)15-6-4-14(5-7-15)11-20-26(22,23)17-8-9-18-16(10-17)12-24-19(2,3)25-18;1-18(2)24-11-14-9-15(7-8-16(14)25-18)26(22,23)19-10-12-3-5-13(6-4-12)17(20)21;1-10(18)12-4-2-11(3-5-12)9-17-24(22,23)13-6-7-15(19)14(8-13)16(20)21;1-7(12)9-4-2-8(3-5-9)6-11-10;8-14(12,13)4-1-2-6(9)5(3-4)7(10)11/h4-10,20H,11-12H2,1-3H3;3-9,19H,10-11H2,1-2H3,(H,20,21);2-8,17,19H,9H2,1H3,(H,20,21);2-5,11H,6H2,1H3;1-3,9H,(H,10,11). The zero-order chi connectivity index (χ0) is 75.7. The van der Waals surface area contributed by atoms with Crippen LogP contribution >= 0.6 is 22.5 Å². The molecule has 0 aromatic heterocycles. The van der Waals surface area contributed by atoms with Crippen molar-refractivity contribution in [1.82, 2.24) is 19.0 Å². The molecule has 2 aliphatic rings. The van der Waals surface area contributed by atoms with Gasteiger partial charge in [-0.05, 0) is 140 Å². The second-order valence-electron chi connectivity index (χ2n) is 23.1. The summed E-state index contributed by atoms with van der Waals surface area (Å²) in [6, 6.07) is 41.8. The Bertz CT molecular complexity index is 4730. The highest BCUT2D eigenvalue weighted by molar-refractivity contribution is 8.13. The maximum Gasteiger partial charge on any atom is 0.339 e. The van der Waals surface area contributed by atoms with Crippen LogP contribution in [0.4, 0.5) is 0 Å². The van der Waals surface area contributed by atoms with Crippen molar-refractivity contribution >= 4 is 96.8 Å². The van der Waals surface area contributed by atoms with Gasteiger partial charge in [-0.3, -0.25) is 14.4 Å². The Hall–Kier alpha value is -9.48. The van der Waals surface area contributed by atoms with E-state index in [0.717, 1.165) is 53.1 Å². The van der Waals surface area contributed by atoms with Gasteiger partial charge < -0.3 is 44.5 Å². The molecular formula is C69H70Cl2N4O23S4. The van der Waals surface area contributed by atoms with Gasteiger partial charge in [0.2, 0.25) is 41.6 Å². The molecule has 2 aliphatic heterocycles. The molecule has 0 aliphatic carbocycles. The minimum Gasteiger partial charge on any atom is -0.507 e. The van der Waals surface area contributed by atoms with Crippen LogP contribution in [0.3, 0.4) is 0 Å². The van der Waals surface area contributed by atoms with Crippen LogP contribution in [0.15, 0.2) is 189 Å². The number of Topliss-reactive ketones (excluding diaryl/α,β-unsaturated/α-hetero) is 3. The fourth-order valence-corrected chi connectivity index (χ4v) is 13.0. The number of ether oxygens (including phenoxy) is 4. The molecule has 0 saturated heterocycles. The number of hydrogen-bond acceptors (Lipinski definition) is 21. The molecule has 0 fully saturated rings. The lowest BCUT2D eigenvalue weighted by Gasteiger charge is -2.32. The summed E-state index contributed by atoms with van der Waals surface area (Å²) in [4.78, 5) is 67.8. The van der Waals surface area contributed by atoms with Crippen LogP contribution in [0.5, 0.6) is 23.0 Å². The van der Waals surface area contributed by atoms with Crippen LogP contribution in [0.2, 0.25) is 0 Å². The summed E-state index contributed by atoms with van der Waals surface area (Å²) in [6.45, 7) is 13.0. The summed E-state index contributed by atoms with van der Waals surface area (Å²) in [5.41, 5.74) is 5.47. The predicted molar refractivity (Wildman–Crippen MR) is 373 cm³/mol. The zero-order valence-electron chi connectivity index (χ0n) is 55.4. The first-order valence-electron chi connectivity index (χ1n) is 30.0. The van der Waals surface area contributed by atoms with Gasteiger partial charge in [-0.15, -0.1) is 0 Å². The highest BCUT2D eigenvalue weighted by atomic mass is 35.7. The quantitative estimate of drug-likeness (QED) is 0.0183. The lowest BCUT2D eigenvalue weighted by Crippen LogP contribution is -2.35. The molecule has 8 aromatic carbocycles. The molecule has 0 amide bonds. The fourth-order valence-electron chi connectivity index (χ4n) is 8.85. The molecule has 2 heterocycles. The molecule has 0 bridgehead atoms. The van der Waals surface area contributed by atoms with Crippen molar-refractivity contribution in [2.75, 3.05) is 0 Å². The molecule has 8 aromatic rings. The molecule has 33 heteroatoms. The van der Waals surface area contributed by atoms with Crippen LogP contribution in [0, 0.1) is 0 Å². The summed E-state index contributed by atoms with van der Waals surface area (Å²) in [5, 5.41) is 44.8. The zero-order valence-corrected chi connectivity index (χ0v) is 60.2. The van der Waals surface area contributed by atoms with Crippen molar-refractivity contribution in [2.24, 2.45) is 0 Å². The van der Waals surface area contributed by atoms with Crippen molar-refractivity contribution in [1.29, 1.82) is 0 Å². The van der Waals surface area contributed by atoms with E-state index >= 15 is 0 Å². The molecule has 0 saturated carbocycles. The maximum atomic E-state index is 12.5.